The summed E-state index contributed by atoms with van der Waals surface area (Å²) in [5.41, 5.74) is 1.19. The van der Waals surface area contributed by atoms with Crippen LogP contribution in [0.4, 0.5) is 0 Å². The van der Waals surface area contributed by atoms with Gasteiger partial charge in [-0.3, -0.25) is 9.59 Å². The summed E-state index contributed by atoms with van der Waals surface area (Å²) in [7, 11) is 0. The number of rotatable bonds is 9. The number of carbonyl (C=O) groups excluding carboxylic acids is 2. The standard InChI is InChI=1S/C25H32N2O5/c1-18-5-9-22(10-6-18)31-17-3-4-24(29)27-15-13-20(14-16-27)26-25(30)19(2)32-23-11-7-21(28)8-12-23/h5-12,19-20,28H,3-4,13-17H2,1-2H3,(H,26,30). The first-order valence-electron chi connectivity index (χ1n) is 11.1. The number of piperidine rings is 1. The van der Waals surface area contributed by atoms with Gasteiger partial charge in [0.1, 0.15) is 17.2 Å². The fraction of sp³-hybridized carbons (Fsp3) is 0.440. The normalized spacial score (nSPS) is 15.1. The third-order valence-electron chi connectivity index (χ3n) is 5.54. The first-order chi connectivity index (χ1) is 15.4. The number of amides is 2. The van der Waals surface area contributed by atoms with Crippen LogP contribution < -0.4 is 14.8 Å². The Hall–Kier alpha value is -3.22. The molecule has 1 aliphatic rings. The van der Waals surface area contributed by atoms with Crippen molar-refractivity contribution in [3.05, 3.63) is 54.1 Å². The quantitative estimate of drug-likeness (QED) is 0.583. The molecule has 1 unspecified atom stereocenters. The molecule has 0 spiro atoms. The number of nitrogens with zero attached hydrogens (tertiary/aromatic N) is 1. The Kier molecular flexibility index (Phi) is 8.36. The lowest BCUT2D eigenvalue weighted by atomic mass is 10.0. The van der Waals surface area contributed by atoms with E-state index in [1.54, 1.807) is 19.1 Å². The van der Waals surface area contributed by atoms with E-state index in [1.165, 1.54) is 17.7 Å². The number of ether oxygens (including phenoxy) is 2. The highest BCUT2D eigenvalue weighted by Crippen LogP contribution is 2.18. The van der Waals surface area contributed by atoms with Crippen LogP contribution in [0.15, 0.2) is 48.5 Å². The zero-order valence-corrected chi connectivity index (χ0v) is 18.8. The number of aryl methyl sites for hydroxylation is 1. The molecule has 1 heterocycles. The smallest absolute Gasteiger partial charge is 0.260 e. The zero-order chi connectivity index (χ0) is 22.9. The summed E-state index contributed by atoms with van der Waals surface area (Å²) in [6.45, 7) is 5.51. The maximum atomic E-state index is 12.5. The van der Waals surface area contributed by atoms with Crippen LogP contribution in [0.1, 0.15) is 38.2 Å². The summed E-state index contributed by atoms with van der Waals surface area (Å²) in [5, 5.41) is 12.3. The molecule has 172 valence electrons. The molecular formula is C25H32N2O5. The summed E-state index contributed by atoms with van der Waals surface area (Å²) in [5.74, 6) is 1.44. The maximum absolute atomic E-state index is 12.5. The Bertz CT molecular complexity index is 874. The highest BCUT2D eigenvalue weighted by atomic mass is 16.5. The summed E-state index contributed by atoms with van der Waals surface area (Å²) in [6, 6.07) is 14.2. The number of benzene rings is 2. The minimum Gasteiger partial charge on any atom is -0.508 e. The van der Waals surface area contributed by atoms with Gasteiger partial charge in [0, 0.05) is 25.6 Å². The minimum atomic E-state index is -0.646. The van der Waals surface area contributed by atoms with Gasteiger partial charge in [0.25, 0.3) is 5.91 Å². The van der Waals surface area contributed by atoms with Crippen molar-refractivity contribution in [3.8, 4) is 17.2 Å². The first-order valence-corrected chi connectivity index (χ1v) is 11.1. The molecule has 32 heavy (non-hydrogen) atoms. The van der Waals surface area contributed by atoms with Gasteiger partial charge in [0.15, 0.2) is 6.10 Å². The SMILES string of the molecule is Cc1ccc(OCCCC(=O)N2CCC(NC(=O)C(C)Oc3ccc(O)cc3)CC2)cc1. The van der Waals surface area contributed by atoms with E-state index in [9.17, 15) is 14.7 Å². The Morgan fingerprint density at radius 3 is 2.34 bits per heavy atom. The van der Waals surface area contributed by atoms with Crippen LogP contribution >= 0.6 is 0 Å². The van der Waals surface area contributed by atoms with Gasteiger partial charge in [-0.15, -0.1) is 0 Å². The van der Waals surface area contributed by atoms with E-state index in [2.05, 4.69) is 5.32 Å². The highest BCUT2D eigenvalue weighted by molar-refractivity contribution is 5.81. The van der Waals surface area contributed by atoms with Crippen molar-refractivity contribution in [1.82, 2.24) is 10.2 Å². The van der Waals surface area contributed by atoms with Gasteiger partial charge >= 0.3 is 0 Å². The van der Waals surface area contributed by atoms with E-state index < -0.39 is 6.10 Å². The molecule has 7 nitrogen and oxygen atoms in total. The molecular weight excluding hydrogens is 408 g/mol. The van der Waals surface area contributed by atoms with Crippen molar-refractivity contribution >= 4 is 11.8 Å². The Balaban J connectivity index is 1.32. The number of aromatic hydroxyl groups is 1. The predicted octanol–water partition coefficient (Wildman–Crippen LogP) is 3.43. The van der Waals surface area contributed by atoms with Gasteiger partial charge < -0.3 is 24.8 Å². The van der Waals surface area contributed by atoms with Gasteiger partial charge in [0.05, 0.1) is 6.61 Å². The van der Waals surface area contributed by atoms with Crippen LogP contribution in [0.3, 0.4) is 0 Å². The van der Waals surface area contributed by atoms with Crippen molar-refractivity contribution in [1.29, 1.82) is 0 Å². The topological polar surface area (TPSA) is 88.1 Å². The lowest BCUT2D eigenvalue weighted by molar-refractivity contribution is -0.133. The first kappa shape index (κ1) is 23.4. The second-order valence-corrected chi connectivity index (χ2v) is 8.18. The molecule has 3 rings (SSSR count). The minimum absolute atomic E-state index is 0.0299. The Labute approximate surface area is 189 Å². The molecule has 2 aromatic carbocycles. The van der Waals surface area contributed by atoms with Crippen LogP contribution in [0, 0.1) is 6.92 Å². The predicted molar refractivity (Wildman–Crippen MR) is 122 cm³/mol. The van der Waals surface area contributed by atoms with Crippen molar-refractivity contribution in [2.45, 2.75) is 51.7 Å². The fourth-order valence-corrected chi connectivity index (χ4v) is 3.58. The van der Waals surface area contributed by atoms with Crippen molar-refractivity contribution < 1.29 is 24.2 Å². The number of nitrogens with one attached hydrogen (secondary N) is 1. The molecule has 2 N–H and O–H groups in total. The number of hydrogen-bond acceptors (Lipinski definition) is 5. The third kappa shape index (κ3) is 7.18. The fourth-order valence-electron chi connectivity index (χ4n) is 3.58. The number of carbonyl (C=O) groups is 2. The molecule has 0 saturated carbocycles. The Morgan fingerprint density at radius 1 is 1.06 bits per heavy atom. The van der Waals surface area contributed by atoms with E-state index in [0.717, 1.165) is 18.6 Å². The third-order valence-corrected chi connectivity index (χ3v) is 5.54. The highest BCUT2D eigenvalue weighted by Gasteiger charge is 2.25. The lowest BCUT2D eigenvalue weighted by Crippen LogP contribution is -2.49. The molecule has 2 amide bonds. The monoisotopic (exact) mass is 440 g/mol. The summed E-state index contributed by atoms with van der Waals surface area (Å²) < 4.78 is 11.3. The van der Waals surface area contributed by atoms with Crippen molar-refractivity contribution in [2.24, 2.45) is 0 Å². The molecule has 0 aromatic heterocycles. The van der Waals surface area contributed by atoms with Crippen molar-refractivity contribution in [2.75, 3.05) is 19.7 Å². The molecule has 0 radical (unpaired) electrons. The molecule has 0 bridgehead atoms. The lowest BCUT2D eigenvalue weighted by Gasteiger charge is -2.33. The van der Waals surface area contributed by atoms with Gasteiger partial charge in [-0.25, -0.2) is 0 Å². The molecule has 0 aliphatic carbocycles. The summed E-state index contributed by atoms with van der Waals surface area (Å²) >= 11 is 0. The number of phenols is 1. The van der Waals surface area contributed by atoms with E-state index in [1.807, 2.05) is 36.1 Å². The van der Waals surface area contributed by atoms with Crippen LogP contribution in [0.25, 0.3) is 0 Å². The summed E-state index contributed by atoms with van der Waals surface area (Å²) in [6.07, 6.45) is 1.94. The van der Waals surface area contributed by atoms with Crippen LogP contribution in [0.2, 0.25) is 0 Å². The van der Waals surface area contributed by atoms with Gasteiger partial charge in [0.2, 0.25) is 5.91 Å². The van der Waals surface area contributed by atoms with E-state index in [0.29, 0.717) is 38.3 Å². The van der Waals surface area contributed by atoms with Crippen LogP contribution in [0.5, 0.6) is 17.2 Å². The van der Waals surface area contributed by atoms with Gasteiger partial charge in [-0.05, 0) is 69.5 Å². The zero-order valence-electron chi connectivity index (χ0n) is 18.8. The van der Waals surface area contributed by atoms with Gasteiger partial charge in [-0.2, -0.15) is 0 Å². The molecule has 7 heteroatoms. The average Bonchev–Trinajstić information content (AvgIpc) is 2.79. The molecule has 1 saturated heterocycles. The molecule has 1 atom stereocenters. The van der Waals surface area contributed by atoms with Gasteiger partial charge in [-0.1, -0.05) is 17.7 Å². The van der Waals surface area contributed by atoms with Crippen LogP contribution in [-0.4, -0.2) is 53.7 Å². The van der Waals surface area contributed by atoms with E-state index >= 15 is 0 Å². The van der Waals surface area contributed by atoms with Crippen molar-refractivity contribution in [3.63, 3.8) is 0 Å². The Morgan fingerprint density at radius 2 is 1.69 bits per heavy atom. The molecule has 1 aliphatic heterocycles. The second-order valence-electron chi connectivity index (χ2n) is 8.18. The number of hydrogen-bond donors (Lipinski definition) is 2. The number of phenolic OH excluding ortho intramolecular Hbond substituents is 1. The maximum Gasteiger partial charge on any atom is 0.260 e. The second kappa shape index (κ2) is 11.4. The van der Waals surface area contributed by atoms with E-state index in [4.69, 9.17) is 9.47 Å². The van der Waals surface area contributed by atoms with E-state index in [-0.39, 0.29) is 23.6 Å². The molecule has 2 aromatic rings. The summed E-state index contributed by atoms with van der Waals surface area (Å²) in [4.78, 5) is 26.8. The number of likely N-dealkylation sites (tertiary alicyclic amines) is 1. The molecule has 1 fully saturated rings. The average molecular weight is 441 g/mol. The van der Waals surface area contributed by atoms with Crippen LogP contribution in [-0.2, 0) is 9.59 Å². The largest absolute Gasteiger partial charge is 0.508 e.